The number of halogens is 1. The van der Waals surface area contributed by atoms with Crippen molar-refractivity contribution in [1.82, 2.24) is 15.5 Å². The average Bonchev–Trinajstić information content (AvgIpc) is 3.13. The van der Waals surface area contributed by atoms with E-state index in [4.69, 9.17) is 0 Å². The van der Waals surface area contributed by atoms with Crippen molar-refractivity contribution in [2.45, 2.75) is 25.7 Å². The molecule has 1 saturated heterocycles. The van der Waals surface area contributed by atoms with Gasteiger partial charge in [0.05, 0.1) is 6.54 Å². The third-order valence-electron chi connectivity index (χ3n) is 5.46. The highest BCUT2D eigenvalue weighted by Gasteiger charge is 2.26. The Labute approximate surface area is 184 Å². The molecular weight excluding hydrogens is 469 g/mol. The van der Waals surface area contributed by atoms with Crippen LogP contribution in [0.1, 0.15) is 24.8 Å². The molecule has 1 fully saturated rings. The Bertz CT molecular complexity index is 716. The van der Waals surface area contributed by atoms with Crippen LogP contribution in [-0.2, 0) is 16.0 Å². The summed E-state index contributed by atoms with van der Waals surface area (Å²) in [6.45, 7) is 2.67. The van der Waals surface area contributed by atoms with Crippen molar-refractivity contribution in [1.29, 1.82) is 0 Å². The number of fused-ring (bicyclic) bond motifs is 1. The first kappa shape index (κ1) is 22.4. The van der Waals surface area contributed by atoms with E-state index in [1.807, 2.05) is 23.1 Å². The number of guanidine groups is 1. The molecule has 2 aliphatic rings. The van der Waals surface area contributed by atoms with Crippen LogP contribution >= 0.6 is 24.0 Å². The minimum atomic E-state index is 0. The molecule has 7 nitrogen and oxygen atoms in total. The van der Waals surface area contributed by atoms with Gasteiger partial charge in [-0.2, -0.15) is 0 Å². The number of likely N-dealkylation sites (tertiary alicyclic amines) is 1. The number of anilines is 1. The molecule has 0 aromatic heterocycles. The molecule has 154 valence electrons. The fraction of sp³-hybridized carbons (Fsp3) is 0.550. The first-order valence-electron chi connectivity index (χ1n) is 9.66. The monoisotopic (exact) mass is 499 g/mol. The number of benzene rings is 1. The number of amides is 2. The molecule has 8 heteroatoms. The van der Waals surface area contributed by atoms with Gasteiger partial charge >= 0.3 is 0 Å². The maximum absolute atomic E-state index is 12.7. The van der Waals surface area contributed by atoms with Crippen molar-refractivity contribution < 1.29 is 9.59 Å². The molecule has 2 amide bonds. The second kappa shape index (κ2) is 10.6. The molecule has 0 bridgehead atoms. The van der Waals surface area contributed by atoms with Gasteiger partial charge in [-0.3, -0.25) is 14.6 Å². The highest BCUT2D eigenvalue weighted by atomic mass is 127. The van der Waals surface area contributed by atoms with Crippen LogP contribution in [0.3, 0.4) is 0 Å². The van der Waals surface area contributed by atoms with Crippen LogP contribution in [0.5, 0.6) is 0 Å². The van der Waals surface area contributed by atoms with E-state index < -0.39 is 0 Å². The lowest BCUT2D eigenvalue weighted by molar-refractivity contribution is -0.122. The number of nitrogens with zero attached hydrogens (tertiary/aromatic N) is 3. The van der Waals surface area contributed by atoms with Gasteiger partial charge in [-0.25, -0.2) is 0 Å². The zero-order valence-electron chi connectivity index (χ0n) is 16.6. The zero-order chi connectivity index (χ0) is 19.2. The van der Waals surface area contributed by atoms with E-state index in [-0.39, 0.29) is 42.3 Å². The summed E-state index contributed by atoms with van der Waals surface area (Å²) in [6.07, 6.45) is 3.42. The Morgan fingerprint density at radius 3 is 2.57 bits per heavy atom. The van der Waals surface area contributed by atoms with E-state index in [0.29, 0.717) is 12.3 Å². The van der Waals surface area contributed by atoms with Crippen LogP contribution in [0, 0.1) is 5.92 Å². The van der Waals surface area contributed by atoms with Gasteiger partial charge in [-0.05, 0) is 36.8 Å². The molecule has 2 heterocycles. The van der Waals surface area contributed by atoms with Gasteiger partial charge in [0.25, 0.3) is 0 Å². The lowest BCUT2D eigenvalue weighted by Crippen LogP contribution is -2.49. The van der Waals surface area contributed by atoms with Gasteiger partial charge in [-0.1, -0.05) is 18.2 Å². The third kappa shape index (κ3) is 5.36. The van der Waals surface area contributed by atoms with E-state index in [1.54, 1.807) is 14.1 Å². The predicted octanol–water partition coefficient (Wildman–Crippen LogP) is 1.62. The van der Waals surface area contributed by atoms with Crippen LogP contribution in [0.25, 0.3) is 0 Å². The predicted molar refractivity (Wildman–Crippen MR) is 122 cm³/mol. The molecule has 0 unspecified atom stereocenters. The first-order chi connectivity index (χ1) is 13.1. The molecule has 2 aliphatic heterocycles. The molecule has 0 atom stereocenters. The van der Waals surface area contributed by atoms with E-state index in [2.05, 4.69) is 26.6 Å². The second-order valence-corrected chi connectivity index (χ2v) is 7.13. The largest absolute Gasteiger partial charge is 0.359 e. The number of rotatable bonds is 4. The quantitative estimate of drug-likeness (QED) is 0.375. The summed E-state index contributed by atoms with van der Waals surface area (Å²) in [5.41, 5.74) is 2.25. The fourth-order valence-corrected chi connectivity index (χ4v) is 3.89. The summed E-state index contributed by atoms with van der Waals surface area (Å²) in [5, 5.41) is 5.91. The Morgan fingerprint density at radius 2 is 1.89 bits per heavy atom. The SMILES string of the molecule is CN=C(NCC(=O)N1CCc2ccccc21)N1CCC(CC(=O)NC)CC1.I. The maximum Gasteiger partial charge on any atom is 0.246 e. The summed E-state index contributed by atoms with van der Waals surface area (Å²) in [7, 11) is 3.42. The Balaban J connectivity index is 0.00000280. The number of aliphatic imine (C=N–C) groups is 1. The van der Waals surface area contributed by atoms with E-state index in [1.165, 1.54) is 5.56 Å². The summed E-state index contributed by atoms with van der Waals surface area (Å²) in [4.78, 5) is 32.6. The van der Waals surface area contributed by atoms with Crippen molar-refractivity contribution in [3.63, 3.8) is 0 Å². The lowest BCUT2D eigenvalue weighted by Gasteiger charge is -2.34. The number of carbonyl (C=O) groups is 2. The fourth-order valence-electron chi connectivity index (χ4n) is 3.89. The average molecular weight is 499 g/mol. The van der Waals surface area contributed by atoms with E-state index in [0.717, 1.165) is 50.5 Å². The third-order valence-corrected chi connectivity index (χ3v) is 5.46. The van der Waals surface area contributed by atoms with Crippen molar-refractivity contribution in [3.8, 4) is 0 Å². The van der Waals surface area contributed by atoms with Crippen molar-refractivity contribution in [3.05, 3.63) is 29.8 Å². The number of carbonyl (C=O) groups excluding carboxylic acids is 2. The van der Waals surface area contributed by atoms with Gasteiger partial charge in [0, 0.05) is 45.8 Å². The molecule has 3 rings (SSSR count). The van der Waals surface area contributed by atoms with Crippen LogP contribution < -0.4 is 15.5 Å². The molecule has 1 aromatic carbocycles. The maximum atomic E-state index is 12.7. The highest BCUT2D eigenvalue weighted by Crippen LogP contribution is 2.27. The number of hydrogen-bond donors (Lipinski definition) is 2. The normalized spacial score (nSPS) is 17.0. The van der Waals surface area contributed by atoms with Crippen LogP contribution in [-0.4, -0.2) is 62.9 Å². The minimum absolute atomic E-state index is 0. The van der Waals surface area contributed by atoms with Gasteiger partial charge in [0.2, 0.25) is 11.8 Å². The zero-order valence-corrected chi connectivity index (χ0v) is 18.9. The van der Waals surface area contributed by atoms with Crippen molar-refractivity contribution in [2.75, 3.05) is 45.2 Å². The van der Waals surface area contributed by atoms with E-state index in [9.17, 15) is 9.59 Å². The highest BCUT2D eigenvalue weighted by molar-refractivity contribution is 14.0. The molecule has 0 radical (unpaired) electrons. The topological polar surface area (TPSA) is 77.0 Å². The summed E-state index contributed by atoms with van der Waals surface area (Å²) in [6, 6.07) is 8.07. The number of nitrogens with one attached hydrogen (secondary N) is 2. The molecule has 0 spiro atoms. The number of piperidine rings is 1. The molecule has 2 N–H and O–H groups in total. The summed E-state index contributed by atoms with van der Waals surface area (Å²) >= 11 is 0. The number of hydrogen-bond acceptors (Lipinski definition) is 3. The number of para-hydroxylation sites is 1. The Hall–Kier alpha value is -1.84. The summed E-state index contributed by atoms with van der Waals surface area (Å²) < 4.78 is 0. The molecule has 1 aromatic rings. The molecule has 0 aliphatic carbocycles. The van der Waals surface area contributed by atoms with Crippen LogP contribution in [0.2, 0.25) is 0 Å². The molecular formula is C20H30IN5O2. The van der Waals surface area contributed by atoms with Crippen molar-refractivity contribution in [2.24, 2.45) is 10.9 Å². The molecule has 28 heavy (non-hydrogen) atoms. The second-order valence-electron chi connectivity index (χ2n) is 7.13. The smallest absolute Gasteiger partial charge is 0.246 e. The van der Waals surface area contributed by atoms with Gasteiger partial charge in [-0.15, -0.1) is 24.0 Å². The first-order valence-corrected chi connectivity index (χ1v) is 9.66. The minimum Gasteiger partial charge on any atom is -0.359 e. The summed E-state index contributed by atoms with van der Waals surface area (Å²) in [5.74, 6) is 1.35. The Morgan fingerprint density at radius 1 is 1.18 bits per heavy atom. The van der Waals surface area contributed by atoms with E-state index >= 15 is 0 Å². The van der Waals surface area contributed by atoms with Crippen molar-refractivity contribution >= 4 is 47.4 Å². The van der Waals surface area contributed by atoms with Gasteiger partial charge in [0.1, 0.15) is 0 Å². The van der Waals surface area contributed by atoms with Gasteiger partial charge < -0.3 is 20.4 Å². The standard InChI is InChI=1S/C20H29N5O2.HI/c1-21-18(26)13-15-7-10-24(11-8-15)20(22-2)23-14-19(27)25-12-9-16-5-3-4-6-17(16)25;/h3-6,15H,7-14H2,1-2H3,(H,21,26)(H,22,23);1H. The van der Waals surface area contributed by atoms with Crippen LogP contribution in [0.4, 0.5) is 5.69 Å². The Kier molecular flexibility index (Phi) is 8.53. The van der Waals surface area contributed by atoms with Gasteiger partial charge in [0.15, 0.2) is 5.96 Å². The van der Waals surface area contributed by atoms with Crippen LogP contribution in [0.15, 0.2) is 29.3 Å². The molecule has 0 saturated carbocycles. The lowest BCUT2D eigenvalue weighted by atomic mass is 9.93.